The summed E-state index contributed by atoms with van der Waals surface area (Å²) in [5.74, 6) is 1.75. The van der Waals surface area contributed by atoms with Gasteiger partial charge in [0.2, 0.25) is 0 Å². The number of rotatable bonds is 7. The van der Waals surface area contributed by atoms with Gasteiger partial charge in [-0.15, -0.1) is 21.5 Å². The lowest BCUT2D eigenvalue weighted by molar-refractivity contribution is 0.102. The zero-order valence-corrected chi connectivity index (χ0v) is 18.3. The Hall–Kier alpha value is -2.97. The van der Waals surface area contributed by atoms with Crippen molar-refractivity contribution in [1.82, 2.24) is 15.2 Å². The normalized spacial score (nSPS) is 10.9. The summed E-state index contributed by atoms with van der Waals surface area (Å²) in [5.41, 5.74) is 3.09. The summed E-state index contributed by atoms with van der Waals surface area (Å²) in [5, 5.41) is 10.4. The first-order valence-corrected chi connectivity index (χ1v) is 11.0. The summed E-state index contributed by atoms with van der Waals surface area (Å²) in [6.45, 7) is 1.96. The van der Waals surface area contributed by atoms with Crippen LogP contribution in [0.2, 0.25) is 0 Å². The second kappa shape index (κ2) is 8.81. The van der Waals surface area contributed by atoms with Gasteiger partial charge in [-0.3, -0.25) is 4.79 Å². The fourth-order valence-corrected chi connectivity index (χ4v) is 4.78. The number of carbonyl (C=O) groups is 1. The van der Waals surface area contributed by atoms with Gasteiger partial charge in [0.25, 0.3) is 0 Å². The summed E-state index contributed by atoms with van der Waals surface area (Å²) >= 11 is 2.92. The van der Waals surface area contributed by atoms with Crippen LogP contribution in [0.5, 0.6) is 11.5 Å². The molecule has 0 bridgehead atoms. The van der Waals surface area contributed by atoms with Crippen LogP contribution in [0.4, 0.5) is 0 Å². The Balaban J connectivity index is 1.61. The Morgan fingerprint density at radius 3 is 2.53 bits per heavy atom. The monoisotopic (exact) mass is 437 g/mol. The molecule has 4 aromatic rings. The zero-order valence-electron chi connectivity index (χ0n) is 16.7. The van der Waals surface area contributed by atoms with Gasteiger partial charge in [0.1, 0.15) is 27.7 Å². The highest BCUT2D eigenvalue weighted by atomic mass is 32.2. The van der Waals surface area contributed by atoms with E-state index in [0.717, 1.165) is 38.0 Å². The van der Waals surface area contributed by atoms with Crippen LogP contribution in [-0.2, 0) is 0 Å². The minimum Gasteiger partial charge on any atom is -0.497 e. The van der Waals surface area contributed by atoms with Crippen molar-refractivity contribution in [2.24, 2.45) is 0 Å². The van der Waals surface area contributed by atoms with E-state index in [1.165, 1.54) is 11.8 Å². The summed E-state index contributed by atoms with van der Waals surface area (Å²) in [6, 6.07) is 14.8. The summed E-state index contributed by atoms with van der Waals surface area (Å²) in [7, 11) is 3.23. The SMILES string of the molecule is COc1ccc(C(=O)CSc2nnc(-c3cccc(OC)c3)c3sc(C)nc23)cc1. The molecule has 0 fully saturated rings. The van der Waals surface area contributed by atoms with Crippen molar-refractivity contribution in [3.8, 4) is 22.8 Å². The van der Waals surface area contributed by atoms with Crippen molar-refractivity contribution in [2.75, 3.05) is 20.0 Å². The smallest absolute Gasteiger partial charge is 0.173 e. The molecule has 0 unspecified atom stereocenters. The lowest BCUT2D eigenvalue weighted by Gasteiger charge is -2.07. The van der Waals surface area contributed by atoms with Crippen LogP contribution in [0, 0.1) is 6.92 Å². The van der Waals surface area contributed by atoms with Gasteiger partial charge < -0.3 is 9.47 Å². The van der Waals surface area contributed by atoms with E-state index in [1.807, 2.05) is 31.2 Å². The predicted octanol–water partition coefficient (Wildman–Crippen LogP) is 5.05. The maximum atomic E-state index is 12.6. The van der Waals surface area contributed by atoms with Crippen LogP contribution in [0.3, 0.4) is 0 Å². The van der Waals surface area contributed by atoms with E-state index in [1.54, 1.807) is 49.8 Å². The van der Waals surface area contributed by atoms with Gasteiger partial charge in [-0.1, -0.05) is 23.9 Å². The molecular formula is C22H19N3O3S2. The van der Waals surface area contributed by atoms with Crippen molar-refractivity contribution in [2.45, 2.75) is 11.9 Å². The van der Waals surface area contributed by atoms with Crippen molar-refractivity contribution in [1.29, 1.82) is 0 Å². The van der Waals surface area contributed by atoms with E-state index in [4.69, 9.17) is 9.47 Å². The number of aryl methyl sites for hydroxylation is 1. The highest BCUT2D eigenvalue weighted by Gasteiger charge is 2.17. The molecule has 2 aromatic carbocycles. The number of thioether (sulfide) groups is 1. The Kier molecular flexibility index (Phi) is 5.96. The molecule has 0 aliphatic carbocycles. The average molecular weight is 438 g/mol. The second-order valence-electron chi connectivity index (χ2n) is 6.44. The molecule has 0 aliphatic rings. The van der Waals surface area contributed by atoms with Gasteiger partial charge in [-0.05, 0) is 43.3 Å². The van der Waals surface area contributed by atoms with Crippen molar-refractivity contribution in [3.63, 3.8) is 0 Å². The highest BCUT2D eigenvalue weighted by Crippen LogP contribution is 2.36. The van der Waals surface area contributed by atoms with Crippen LogP contribution < -0.4 is 9.47 Å². The number of benzene rings is 2. The van der Waals surface area contributed by atoms with Gasteiger partial charge in [0.15, 0.2) is 5.78 Å². The molecule has 0 saturated carbocycles. The number of hydrogen-bond donors (Lipinski definition) is 0. The molecule has 8 heteroatoms. The third-order valence-electron chi connectivity index (χ3n) is 4.49. The predicted molar refractivity (Wildman–Crippen MR) is 120 cm³/mol. The Labute approximate surface area is 182 Å². The van der Waals surface area contributed by atoms with Gasteiger partial charge in [-0.25, -0.2) is 4.98 Å². The molecule has 4 rings (SSSR count). The Morgan fingerprint density at radius 2 is 1.80 bits per heavy atom. The first-order chi connectivity index (χ1) is 14.6. The first-order valence-electron chi connectivity index (χ1n) is 9.17. The molecule has 0 saturated heterocycles. The van der Waals surface area contributed by atoms with E-state index in [9.17, 15) is 4.79 Å². The number of nitrogens with zero attached hydrogens (tertiary/aromatic N) is 3. The van der Waals surface area contributed by atoms with Gasteiger partial charge in [-0.2, -0.15) is 0 Å². The van der Waals surface area contributed by atoms with Crippen molar-refractivity contribution < 1.29 is 14.3 Å². The number of aromatic nitrogens is 3. The number of fused-ring (bicyclic) bond motifs is 1. The number of methoxy groups -OCH3 is 2. The van der Waals surface area contributed by atoms with Crippen LogP contribution >= 0.6 is 23.1 Å². The summed E-state index contributed by atoms with van der Waals surface area (Å²) in [6.07, 6.45) is 0. The molecule has 6 nitrogen and oxygen atoms in total. The first kappa shape index (κ1) is 20.3. The molecule has 0 radical (unpaired) electrons. The molecule has 2 aromatic heterocycles. The van der Waals surface area contributed by atoms with E-state index in [2.05, 4.69) is 15.2 Å². The minimum absolute atomic E-state index is 0.0152. The van der Waals surface area contributed by atoms with Crippen LogP contribution in [0.1, 0.15) is 15.4 Å². The zero-order chi connectivity index (χ0) is 21.1. The van der Waals surface area contributed by atoms with E-state index in [-0.39, 0.29) is 11.5 Å². The lowest BCUT2D eigenvalue weighted by Crippen LogP contribution is -2.03. The lowest BCUT2D eigenvalue weighted by atomic mass is 10.1. The fraction of sp³-hybridized carbons (Fsp3) is 0.182. The quantitative estimate of drug-likeness (QED) is 0.296. The molecule has 0 atom stereocenters. The summed E-state index contributed by atoms with van der Waals surface area (Å²) < 4.78 is 11.4. The highest BCUT2D eigenvalue weighted by molar-refractivity contribution is 8.00. The molecule has 0 aliphatic heterocycles. The third kappa shape index (κ3) is 4.15. The minimum atomic E-state index is 0.0152. The maximum Gasteiger partial charge on any atom is 0.173 e. The molecule has 0 spiro atoms. The second-order valence-corrected chi connectivity index (χ2v) is 8.60. The Morgan fingerprint density at radius 1 is 1.03 bits per heavy atom. The number of hydrogen-bond acceptors (Lipinski definition) is 8. The largest absolute Gasteiger partial charge is 0.497 e. The molecule has 0 amide bonds. The summed E-state index contributed by atoms with van der Waals surface area (Å²) in [4.78, 5) is 17.2. The maximum absolute atomic E-state index is 12.6. The van der Waals surface area contributed by atoms with E-state index in [0.29, 0.717) is 10.6 Å². The molecule has 152 valence electrons. The number of ketones is 1. The molecular weight excluding hydrogens is 418 g/mol. The number of ether oxygens (including phenoxy) is 2. The standard InChI is InChI=1S/C22H19N3O3S2/c1-13-23-20-21(30-13)19(15-5-4-6-17(11-15)28-3)24-25-22(20)29-12-18(26)14-7-9-16(27-2)10-8-14/h4-11H,12H2,1-3H3. The van der Waals surface area contributed by atoms with Gasteiger partial charge >= 0.3 is 0 Å². The molecule has 2 heterocycles. The number of carbonyl (C=O) groups excluding carboxylic acids is 1. The van der Waals surface area contributed by atoms with Crippen LogP contribution in [-0.4, -0.2) is 40.9 Å². The van der Waals surface area contributed by atoms with Gasteiger partial charge in [0, 0.05) is 11.1 Å². The number of Topliss-reactive ketones (excluding diaryl/α,β-unsaturated/α-hetero) is 1. The van der Waals surface area contributed by atoms with E-state index < -0.39 is 0 Å². The fourth-order valence-electron chi connectivity index (χ4n) is 2.97. The Bertz CT molecular complexity index is 1210. The van der Waals surface area contributed by atoms with Crippen molar-refractivity contribution in [3.05, 3.63) is 59.1 Å². The van der Waals surface area contributed by atoms with Crippen LogP contribution in [0.25, 0.3) is 21.5 Å². The molecule has 30 heavy (non-hydrogen) atoms. The van der Waals surface area contributed by atoms with Crippen LogP contribution in [0.15, 0.2) is 53.6 Å². The number of thiazole rings is 1. The third-order valence-corrected chi connectivity index (χ3v) is 6.42. The van der Waals surface area contributed by atoms with E-state index >= 15 is 0 Å². The van der Waals surface area contributed by atoms with Gasteiger partial charge in [0.05, 0.1) is 29.7 Å². The molecule has 0 N–H and O–H groups in total. The topological polar surface area (TPSA) is 74.2 Å². The van der Waals surface area contributed by atoms with Crippen molar-refractivity contribution >= 4 is 39.1 Å². The average Bonchev–Trinajstić information content (AvgIpc) is 3.18.